The van der Waals surface area contributed by atoms with Gasteiger partial charge in [0, 0.05) is 0 Å². The van der Waals surface area contributed by atoms with E-state index in [1.54, 1.807) is 6.92 Å². The number of aliphatic hydroxyl groups is 13. The van der Waals surface area contributed by atoms with Crippen molar-refractivity contribution in [3.8, 4) is 0 Å². The van der Waals surface area contributed by atoms with Crippen molar-refractivity contribution < 1.29 is 104 Å². The lowest BCUT2D eigenvalue weighted by Crippen LogP contribution is -2.64. The molecule has 0 aromatic heterocycles. The number of rotatable bonds is 15. The Hall–Kier alpha value is -1.10. The van der Waals surface area contributed by atoms with Crippen LogP contribution in [-0.2, 0) is 37.9 Å². The summed E-state index contributed by atoms with van der Waals surface area (Å²) >= 11 is 0. The number of aliphatic hydroxyl groups excluding tert-OH is 13. The third-order valence-electron chi connectivity index (χ3n) is 21.3. The van der Waals surface area contributed by atoms with Crippen LogP contribution in [0.25, 0.3) is 0 Å². The Balaban J connectivity index is 0.778. The molecular weight excluding hydrogens is 973 g/mol. The molecule has 9 rings (SSSR count). The number of fused-ring (bicyclic) bond motifs is 2. The van der Waals surface area contributed by atoms with Crippen LogP contribution in [0.5, 0.6) is 0 Å². The lowest BCUT2D eigenvalue weighted by Gasteiger charge is -2.63. The van der Waals surface area contributed by atoms with E-state index in [1.165, 1.54) is 6.42 Å². The Morgan fingerprint density at radius 1 is 0.622 bits per heavy atom. The maximum atomic E-state index is 11.8. The second kappa shape index (κ2) is 21.4. The lowest BCUT2D eigenvalue weighted by atomic mass is 9.41. The maximum absolute atomic E-state index is 11.8. The fraction of sp³-hybridized carbons (Fsp3) is 0.962. The van der Waals surface area contributed by atoms with Gasteiger partial charge in [0.1, 0.15) is 85.5 Å². The first-order valence-electron chi connectivity index (χ1n) is 27.3. The SMILES string of the molecule is CC(=CCC(O)C(C)C1CCC2(C)C3CCC4C(C)(C)C(OC5OC(C)C(OC6OC(CO)C(O)C(O)C6O)C(O)C5O)CCC45CC35CCC12C)COC1OC(COC2OCC(O)C(O)C2O)C(O)C(O)C1O. The molecular formula is C53H88O21. The van der Waals surface area contributed by atoms with E-state index < -0.39 is 129 Å². The van der Waals surface area contributed by atoms with Crippen molar-refractivity contribution in [1.29, 1.82) is 0 Å². The van der Waals surface area contributed by atoms with Gasteiger partial charge in [-0.25, -0.2) is 0 Å². The largest absolute Gasteiger partial charge is 0.394 e. The van der Waals surface area contributed by atoms with E-state index in [1.807, 2.05) is 13.0 Å². The van der Waals surface area contributed by atoms with Crippen LogP contribution < -0.4 is 0 Å². The Morgan fingerprint density at radius 3 is 1.93 bits per heavy atom. The summed E-state index contributed by atoms with van der Waals surface area (Å²) in [6.45, 7) is 13.9. The van der Waals surface area contributed by atoms with Crippen LogP contribution in [-0.4, -0.2) is 222 Å². The molecule has 4 saturated heterocycles. The fourth-order valence-corrected chi connectivity index (χ4v) is 16.6. The summed E-state index contributed by atoms with van der Waals surface area (Å²) in [7, 11) is 0. The average molecular weight is 1060 g/mol. The molecule has 21 heteroatoms. The molecule has 29 unspecified atom stereocenters. The van der Waals surface area contributed by atoms with E-state index in [0.717, 1.165) is 56.9 Å². The topological polar surface area (TPSA) is 337 Å². The molecule has 5 aliphatic carbocycles. The van der Waals surface area contributed by atoms with Gasteiger partial charge in [-0.3, -0.25) is 0 Å². The molecule has 0 aromatic rings. The molecule has 9 aliphatic rings. The van der Waals surface area contributed by atoms with Gasteiger partial charge < -0.3 is 104 Å². The predicted octanol–water partition coefficient (Wildman–Crippen LogP) is -0.924. The van der Waals surface area contributed by atoms with Gasteiger partial charge in [-0.2, -0.15) is 0 Å². The minimum absolute atomic E-state index is 0.00873. The van der Waals surface area contributed by atoms with Gasteiger partial charge in [-0.05, 0) is 129 Å². The van der Waals surface area contributed by atoms with Crippen LogP contribution in [0.2, 0.25) is 0 Å². The summed E-state index contributed by atoms with van der Waals surface area (Å²) in [5.41, 5.74) is 1.01. The van der Waals surface area contributed by atoms with Crippen LogP contribution >= 0.6 is 0 Å². The predicted molar refractivity (Wildman–Crippen MR) is 257 cm³/mol. The summed E-state index contributed by atoms with van der Waals surface area (Å²) < 4.78 is 46.7. The van der Waals surface area contributed by atoms with Gasteiger partial charge in [0.15, 0.2) is 25.2 Å². The summed E-state index contributed by atoms with van der Waals surface area (Å²) in [5, 5.41) is 137. The average Bonchev–Trinajstić information content (AvgIpc) is 3.95. The highest BCUT2D eigenvalue weighted by molar-refractivity contribution is 5.31. The van der Waals surface area contributed by atoms with Crippen molar-refractivity contribution in [2.24, 2.45) is 50.7 Å². The van der Waals surface area contributed by atoms with E-state index in [0.29, 0.717) is 24.2 Å². The van der Waals surface area contributed by atoms with Crippen LogP contribution in [0.4, 0.5) is 0 Å². The molecule has 4 heterocycles. The molecule has 74 heavy (non-hydrogen) atoms. The second-order valence-corrected chi connectivity index (χ2v) is 25.2. The standard InChI is InChI=1S/C53H88O21/c1-23(19-67-46-41(64)38(61)36(59)30(72-46)21-69-45-40(63)34(57)28(56)20-68-45)8-9-27(55)24(2)26-12-14-51(7)32-11-10-31-49(4,5)33(13-15-52(31)22-53(32,52)17-16-50(26,51)6)73-47-43(66)39(62)44(25(3)70-47)74-48-42(65)37(60)35(58)29(18-54)71-48/h8,24-48,54-66H,9-22H2,1-7H3. The summed E-state index contributed by atoms with van der Waals surface area (Å²) in [5.74, 6) is 1.25. The number of ether oxygens (including phenoxy) is 8. The zero-order valence-electron chi connectivity index (χ0n) is 44.0. The van der Waals surface area contributed by atoms with Crippen molar-refractivity contribution in [2.75, 3.05) is 26.4 Å². The van der Waals surface area contributed by atoms with E-state index in [9.17, 15) is 66.4 Å². The second-order valence-electron chi connectivity index (χ2n) is 25.2. The van der Waals surface area contributed by atoms with Crippen LogP contribution in [0.15, 0.2) is 11.6 Å². The molecule has 21 nitrogen and oxygen atoms in total. The van der Waals surface area contributed by atoms with Crippen molar-refractivity contribution >= 4 is 0 Å². The molecule has 0 aromatic carbocycles. The van der Waals surface area contributed by atoms with E-state index in [4.69, 9.17) is 37.9 Å². The Kier molecular flexibility index (Phi) is 16.7. The first-order chi connectivity index (χ1) is 34.8. The van der Waals surface area contributed by atoms with E-state index >= 15 is 0 Å². The minimum Gasteiger partial charge on any atom is -0.394 e. The minimum atomic E-state index is -1.68. The van der Waals surface area contributed by atoms with Crippen molar-refractivity contribution in [3.63, 3.8) is 0 Å². The number of hydrogen-bond donors (Lipinski definition) is 13. The first kappa shape index (κ1) is 57.6. The third-order valence-corrected chi connectivity index (χ3v) is 21.3. The van der Waals surface area contributed by atoms with Gasteiger partial charge in [0.05, 0.1) is 44.7 Å². The summed E-state index contributed by atoms with van der Waals surface area (Å²) in [4.78, 5) is 0. The quantitative estimate of drug-likeness (QED) is 0.0696. The Morgan fingerprint density at radius 2 is 1.23 bits per heavy atom. The van der Waals surface area contributed by atoms with Gasteiger partial charge in [-0.1, -0.05) is 46.3 Å². The van der Waals surface area contributed by atoms with E-state index in [-0.39, 0.29) is 58.9 Å². The maximum Gasteiger partial charge on any atom is 0.187 e. The van der Waals surface area contributed by atoms with Crippen molar-refractivity contribution in [1.82, 2.24) is 0 Å². The zero-order valence-corrected chi connectivity index (χ0v) is 44.0. The van der Waals surface area contributed by atoms with Gasteiger partial charge in [-0.15, -0.1) is 0 Å². The Bertz CT molecular complexity index is 1960. The van der Waals surface area contributed by atoms with Crippen molar-refractivity contribution in [2.45, 2.75) is 242 Å². The molecule has 0 amide bonds. The monoisotopic (exact) mass is 1060 g/mol. The summed E-state index contributed by atoms with van der Waals surface area (Å²) in [6.07, 6.45) is -15.9. The highest BCUT2D eigenvalue weighted by Gasteiger charge is 2.82. The normalized spacial score (nSPS) is 54.1. The van der Waals surface area contributed by atoms with Gasteiger partial charge in [0.2, 0.25) is 0 Å². The zero-order chi connectivity index (χ0) is 53.8. The third kappa shape index (κ3) is 9.51. The molecule has 0 bridgehead atoms. The molecule has 13 N–H and O–H groups in total. The fourth-order valence-electron chi connectivity index (χ4n) is 16.6. The summed E-state index contributed by atoms with van der Waals surface area (Å²) in [6, 6.07) is 0. The molecule has 29 atom stereocenters. The molecule has 0 radical (unpaired) electrons. The van der Waals surface area contributed by atoms with Gasteiger partial charge >= 0.3 is 0 Å². The molecule has 4 aliphatic heterocycles. The molecule has 426 valence electrons. The lowest BCUT2D eigenvalue weighted by molar-refractivity contribution is -0.363. The molecule has 5 saturated carbocycles. The van der Waals surface area contributed by atoms with Crippen LogP contribution in [0.3, 0.4) is 0 Å². The Labute approximate surface area is 433 Å². The van der Waals surface area contributed by atoms with E-state index in [2.05, 4.69) is 34.6 Å². The smallest absolute Gasteiger partial charge is 0.187 e. The van der Waals surface area contributed by atoms with Crippen LogP contribution in [0.1, 0.15) is 113 Å². The number of hydrogen-bond acceptors (Lipinski definition) is 21. The van der Waals surface area contributed by atoms with Crippen molar-refractivity contribution in [3.05, 3.63) is 11.6 Å². The van der Waals surface area contributed by atoms with Crippen LogP contribution in [0, 0.1) is 50.7 Å². The molecule has 2 spiro atoms. The first-order valence-corrected chi connectivity index (χ1v) is 27.3. The highest BCUT2D eigenvalue weighted by Crippen LogP contribution is 2.89. The highest BCUT2D eigenvalue weighted by atomic mass is 16.7. The van der Waals surface area contributed by atoms with Gasteiger partial charge in [0.25, 0.3) is 0 Å². The molecule has 9 fully saturated rings.